The molecule has 27 heavy (non-hydrogen) atoms. The molecule has 1 aromatic heterocycles. The Balaban J connectivity index is 1.81. The van der Waals surface area contributed by atoms with E-state index in [-0.39, 0.29) is 17.0 Å². The van der Waals surface area contributed by atoms with Gasteiger partial charge in [0.2, 0.25) is 10.0 Å². The van der Waals surface area contributed by atoms with Crippen LogP contribution in [0, 0.1) is 12.7 Å². The third-order valence-corrected chi connectivity index (χ3v) is 5.18. The molecule has 3 rings (SSSR count). The first-order valence-electron chi connectivity index (χ1n) is 8.05. The molecule has 0 aliphatic rings. The average Bonchev–Trinajstić information content (AvgIpc) is 3.14. The lowest BCUT2D eigenvalue weighted by Gasteiger charge is -2.10. The number of aryl methyl sites for hydroxylation is 1. The zero-order valence-electron chi connectivity index (χ0n) is 14.4. The molecule has 1 heterocycles. The molecular formula is C19H17FN2O4S. The minimum Gasteiger partial charge on any atom is -0.468 e. The van der Waals surface area contributed by atoms with E-state index in [0.717, 1.165) is 23.8 Å². The van der Waals surface area contributed by atoms with Crippen molar-refractivity contribution in [1.82, 2.24) is 4.72 Å². The van der Waals surface area contributed by atoms with Crippen LogP contribution in [-0.4, -0.2) is 14.3 Å². The number of benzene rings is 2. The summed E-state index contributed by atoms with van der Waals surface area (Å²) in [5.74, 6) is -1.12. The van der Waals surface area contributed by atoms with Gasteiger partial charge in [-0.3, -0.25) is 4.79 Å². The van der Waals surface area contributed by atoms with E-state index in [4.69, 9.17) is 4.42 Å². The molecule has 3 aromatic rings. The monoisotopic (exact) mass is 388 g/mol. The fourth-order valence-corrected chi connectivity index (χ4v) is 3.45. The fraction of sp³-hybridized carbons (Fsp3) is 0.105. The number of anilines is 1. The van der Waals surface area contributed by atoms with E-state index < -0.39 is 21.7 Å². The van der Waals surface area contributed by atoms with Crippen molar-refractivity contribution in [3.8, 4) is 0 Å². The second-order valence-electron chi connectivity index (χ2n) is 5.87. The molecule has 2 aromatic carbocycles. The lowest BCUT2D eigenvalue weighted by Crippen LogP contribution is -2.24. The average molecular weight is 388 g/mol. The van der Waals surface area contributed by atoms with Crippen LogP contribution >= 0.6 is 0 Å². The summed E-state index contributed by atoms with van der Waals surface area (Å²) >= 11 is 0. The summed E-state index contributed by atoms with van der Waals surface area (Å²) in [6.45, 7) is 1.80. The first kappa shape index (κ1) is 18.8. The molecule has 0 atom stereocenters. The van der Waals surface area contributed by atoms with Gasteiger partial charge in [-0.2, -0.15) is 0 Å². The SMILES string of the molecule is Cc1cccc(NC(=O)c2cc(S(=O)(=O)NCc3ccco3)ccc2F)c1. The van der Waals surface area contributed by atoms with Crippen LogP contribution in [0.2, 0.25) is 0 Å². The number of hydrogen-bond donors (Lipinski definition) is 2. The van der Waals surface area contributed by atoms with Gasteiger partial charge in [-0.15, -0.1) is 0 Å². The second-order valence-corrected chi connectivity index (χ2v) is 7.64. The molecule has 0 fully saturated rings. The van der Waals surface area contributed by atoms with Gasteiger partial charge in [0.1, 0.15) is 11.6 Å². The van der Waals surface area contributed by atoms with E-state index >= 15 is 0 Å². The van der Waals surface area contributed by atoms with E-state index in [2.05, 4.69) is 10.0 Å². The molecule has 0 aliphatic carbocycles. The van der Waals surface area contributed by atoms with E-state index in [1.807, 2.05) is 13.0 Å². The highest BCUT2D eigenvalue weighted by molar-refractivity contribution is 7.89. The zero-order chi connectivity index (χ0) is 19.4. The number of sulfonamides is 1. The van der Waals surface area contributed by atoms with Crippen molar-refractivity contribution in [2.75, 3.05) is 5.32 Å². The van der Waals surface area contributed by atoms with Gasteiger partial charge in [0.05, 0.1) is 23.3 Å². The number of carbonyl (C=O) groups excluding carboxylic acids is 1. The first-order chi connectivity index (χ1) is 12.8. The topological polar surface area (TPSA) is 88.4 Å². The Labute approximate surface area is 156 Å². The van der Waals surface area contributed by atoms with E-state index in [1.54, 1.807) is 30.3 Å². The number of rotatable bonds is 6. The summed E-state index contributed by atoms with van der Waals surface area (Å²) in [6, 6.07) is 13.3. The molecule has 0 radical (unpaired) electrons. The molecular weight excluding hydrogens is 371 g/mol. The molecule has 2 N–H and O–H groups in total. The quantitative estimate of drug-likeness (QED) is 0.677. The minimum absolute atomic E-state index is 0.0580. The van der Waals surface area contributed by atoms with Crippen molar-refractivity contribution in [2.45, 2.75) is 18.4 Å². The summed E-state index contributed by atoms with van der Waals surface area (Å²) in [7, 11) is -3.95. The van der Waals surface area contributed by atoms with Crippen molar-refractivity contribution in [3.05, 3.63) is 83.6 Å². The van der Waals surface area contributed by atoms with Crippen LogP contribution in [0.5, 0.6) is 0 Å². The van der Waals surface area contributed by atoms with Gasteiger partial charge >= 0.3 is 0 Å². The van der Waals surface area contributed by atoms with Gasteiger partial charge in [0.15, 0.2) is 0 Å². The minimum atomic E-state index is -3.95. The molecule has 8 heteroatoms. The lowest BCUT2D eigenvalue weighted by atomic mass is 10.2. The highest BCUT2D eigenvalue weighted by Gasteiger charge is 2.20. The number of hydrogen-bond acceptors (Lipinski definition) is 4. The van der Waals surface area contributed by atoms with Crippen LogP contribution in [0.15, 0.2) is 70.2 Å². The predicted octanol–water partition coefficient (Wildman–Crippen LogP) is 3.46. The number of amides is 1. The molecule has 0 saturated carbocycles. The predicted molar refractivity (Wildman–Crippen MR) is 98.3 cm³/mol. The number of halogens is 1. The largest absolute Gasteiger partial charge is 0.468 e. The molecule has 0 spiro atoms. The van der Waals surface area contributed by atoms with Crippen LogP contribution in [-0.2, 0) is 16.6 Å². The number of nitrogens with one attached hydrogen (secondary N) is 2. The number of furan rings is 1. The van der Waals surface area contributed by atoms with Crippen molar-refractivity contribution in [3.63, 3.8) is 0 Å². The zero-order valence-corrected chi connectivity index (χ0v) is 15.2. The van der Waals surface area contributed by atoms with Gasteiger partial charge in [-0.05, 0) is 55.0 Å². The second kappa shape index (κ2) is 7.73. The summed E-state index contributed by atoms with van der Waals surface area (Å²) in [6.07, 6.45) is 1.43. The molecule has 140 valence electrons. The molecule has 0 unspecified atom stereocenters. The first-order valence-corrected chi connectivity index (χ1v) is 9.53. The summed E-state index contributed by atoms with van der Waals surface area (Å²) < 4.78 is 46.3. The maximum Gasteiger partial charge on any atom is 0.258 e. The maximum atomic E-state index is 14.1. The summed E-state index contributed by atoms with van der Waals surface area (Å²) in [4.78, 5) is 12.2. The van der Waals surface area contributed by atoms with Crippen molar-refractivity contribution in [1.29, 1.82) is 0 Å². The molecule has 6 nitrogen and oxygen atoms in total. The third-order valence-electron chi connectivity index (χ3n) is 3.79. The van der Waals surface area contributed by atoms with Crippen LogP contribution in [0.25, 0.3) is 0 Å². The van der Waals surface area contributed by atoms with Crippen LogP contribution in [0.1, 0.15) is 21.7 Å². The maximum absolute atomic E-state index is 14.1. The smallest absolute Gasteiger partial charge is 0.258 e. The Bertz CT molecular complexity index is 1060. The summed E-state index contributed by atoms with van der Waals surface area (Å²) in [5, 5.41) is 2.56. The Morgan fingerprint density at radius 1 is 1.11 bits per heavy atom. The summed E-state index contributed by atoms with van der Waals surface area (Å²) in [5.41, 5.74) is 1.05. The Kier molecular flexibility index (Phi) is 5.38. The molecule has 0 aliphatic heterocycles. The standard InChI is InChI=1S/C19H17FN2O4S/c1-13-4-2-5-14(10-13)22-19(23)17-11-16(7-8-18(17)20)27(24,25)21-12-15-6-3-9-26-15/h2-11,21H,12H2,1H3,(H,22,23). The van der Waals surface area contributed by atoms with Gasteiger partial charge in [-0.25, -0.2) is 17.5 Å². The third kappa shape index (κ3) is 4.60. The Hall–Kier alpha value is -2.97. The van der Waals surface area contributed by atoms with Gasteiger partial charge in [0.25, 0.3) is 5.91 Å². The lowest BCUT2D eigenvalue weighted by molar-refractivity contribution is 0.102. The van der Waals surface area contributed by atoms with Crippen LogP contribution < -0.4 is 10.0 Å². The van der Waals surface area contributed by atoms with Gasteiger partial charge in [0, 0.05) is 5.69 Å². The van der Waals surface area contributed by atoms with Crippen molar-refractivity contribution >= 4 is 21.6 Å². The Morgan fingerprint density at radius 3 is 2.63 bits per heavy atom. The highest BCUT2D eigenvalue weighted by Crippen LogP contribution is 2.18. The van der Waals surface area contributed by atoms with Crippen LogP contribution in [0.3, 0.4) is 0 Å². The highest BCUT2D eigenvalue weighted by atomic mass is 32.2. The van der Waals surface area contributed by atoms with Gasteiger partial charge < -0.3 is 9.73 Å². The molecule has 1 amide bonds. The van der Waals surface area contributed by atoms with E-state index in [1.165, 1.54) is 6.26 Å². The number of carbonyl (C=O) groups is 1. The van der Waals surface area contributed by atoms with E-state index in [0.29, 0.717) is 11.4 Å². The molecule has 0 saturated heterocycles. The Morgan fingerprint density at radius 2 is 1.93 bits per heavy atom. The molecule has 0 bridgehead atoms. The van der Waals surface area contributed by atoms with Crippen molar-refractivity contribution < 1.29 is 22.0 Å². The normalized spacial score (nSPS) is 11.3. The fourth-order valence-electron chi connectivity index (χ4n) is 2.43. The van der Waals surface area contributed by atoms with Crippen LogP contribution in [0.4, 0.5) is 10.1 Å². The van der Waals surface area contributed by atoms with Crippen molar-refractivity contribution in [2.24, 2.45) is 0 Å². The van der Waals surface area contributed by atoms with Gasteiger partial charge in [-0.1, -0.05) is 12.1 Å². The van der Waals surface area contributed by atoms with E-state index in [9.17, 15) is 17.6 Å².